The zero-order chi connectivity index (χ0) is 56.4. The van der Waals surface area contributed by atoms with Crippen LogP contribution in [0.2, 0.25) is 0 Å². The summed E-state index contributed by atoms with van der Waals surface area (Å²) in [5, 5.41) is 44.5. The highest BCUT2D eigenvalue weighted by Crippen LogP contribution is 2.16. The second-order valence-corrected chi connectivity index (χ2v) is 18.7. The topological polar surface area (TPSA) is 315 Å². The van der Waals surface area contributed by atoms with Crippen molar-refractivity contribution < 1.29 is 67.8 Å². The highest BCUT2D eigenvalue weighted by Gasteiger charge is 2.21. The Balaban J connectivity index is 0.00000148. The van der Waals surface area contributed by atoms with Crippen LogP contribution in [0.15, 0.2) is 36.5 Å². The Bertz CT molecular complexity index is 1720. The van der Waals surface area contributed by atoms with E-state index in [1.807, 2.05) is 6.92 Å². The van der Waals surface area contributed by atoms with Gasteiger partial charge in [0.15, 0.2) is 5.78 Å². The first kappa shape index (κ1) is 70.8. The molecule has 76 heavy (non-hydrogen) atoms. The summed E-state index contributed by atoms with van der Waals surface area (Å²) in [6.07, 6.45) is 20.0. The van der Waals surface area contributed by atoms with Gasteiger partial charge in [0.25, 0.3) is 0 Å². The fourth-order valence-corrected chi connectivity index (χ4v) is 7.69. The van der Waals surface area contributed by atoms with Gasteiger partial charge in [-0.15, -0.1) is 0 Å². The number of carbonyl (C=O) groups is 7. The standard InChI is InChI=1S/C30H56N2O7.C25H41N5O7/c1-3-38-24-25-39-23-22-31-28(33)21-20-27(30(36)37)32-26(2)18-16-14-12-10-8-6-4-5-7-9-11-13-15-17-19-29(34)35;1-18(31)28-11-12-36-13-14-37-17-24(34)29-10-4-3-5-21(27-2)23(33)16-30-22(25(26)35)15-19-6-8-20(32)9-7-19/h27,32H,2-25H2,1H3,(H,31,33)(H,34,35)(H,36,37);6-9,21-22,27,30,32H,3-5,10-17H2,1-2H3,(H2,26,35)(H,28,31)(H,29,34)/t27-;21-,22-/m00/s1. The number of carbonyl (C=O) groups excluding carboxylic acids is 5. The molecule has 0 fully saturated rings. The van der Waals surface area contributed by atoms with Crippen molar-refractivity contribution in [2.24, 2.45) is 5.73 Å². The summed E-state index contributed by atoms with van der Waals surface area (Å²) in [5.41, 5.74) is 7.01. The molecule has 0 aromatic heterocycles. The molecule has 0 heterocycles. The van der Waals surface area contributed by atoms with Gasteiger partial charge in [0.2, 0.25) is 23.6 Å². The zero-order valence-corrected chi connectivity index (χ0v) is 46.2. The molecule has 1 aromatic rings. The van der Waals surface area contributed by atoms with Gasteiger partial charge in [-0.05, 0) is 83.0 Å². The first-order valence-corrected chi connectivity index (χ1v) is 27.6. The number of phenols is 1. The molecule has 1 rings (SSSR count). The number of phenolic OH excluding ortho intramolecular Hbond substituents is 1. The van der Waals surface area contributed by atoms with E-state index in [1.165, 1.54) is 76.8 Å². The van der Waals surface area contributed by atoms with Gasteiger partial charge in [-0.25, -0.2) is 4.79 Å². The first-order valence-electron chi connectivity index (χ1n) is 27.6. The molecule has 3 atom stereocenters. The van der Waals surface area contributed by atoms with Crippen LogP contribution in [0.5, 0.6) is 5.75 Å². The lowest BCUT2D eigenvalue weighted by molar-refractivity contribution is -0.140. The number of hydrogen-bond donors (Lipinski definition) is 10. The molecule has 0 saturated heterocycles. The summed E-state index contributed by atoms with van der Waals surface area (Å²) in [6.45, 7) is 11.6. The number of Topliss-reactive ketones (excluding diaryl/α,β-unsaturated/α-hetero) is 1. The van der Waals surface area contributed by atoms with Gasteiger partial charge >= 0.3 is 11.9 Å². The van der Waals surface area contributed by atoms with Crippen LogP contribution >= 0.6 is 0 Å². The molecule has 0 spiro atoms. The van der Waals surface area contributed by atoms with Gasteiger partial charge in [0.05, 0.1) is 58.3 Å². The lowest BCUT2D eigenvalue weighted by Gasteiger charge is -2.19. The molecule has 21 nitrogen and oxygen atoms in total. The van der Waals surface area contributed by atoms with E-state index in [0.717, 1.165) is 44.1 Å². The average Bonchev–Trinajstić information content (AvgIpc) is 3.38. The van der Waals surface area contributed by atoms with Crippen molar-refractivity contribution in [3.63, 3.8) is 0 Å². The Hall–Kier alpha value is -5.19. The van der Waals surface area contributed by atoms with Crippen LogP contribution in [0.4, 0.5) is 0 Å². The highest BCUT2D eigenvalue weighted by atomic mass is 16.5. The number of aromatic hydroxyl groups is 1. The maximum absolute atomic E-state index is 12.6. The Labute approximate surface area is 452 Å². The van der Waals surface area contributed by atoms with Crippen molar-refractivity contribution in [1.29, 1.82) is 0 Å². The number of likely N-dealkylation sites (N-methyl/N-ethyl adjacent to an activating group) is 1. The third-order valence-corrected chi connectivity index (χ3v) is 12.0. The molecule has 11 N–H and O–H groups in total. The first-order chi connectivity index (χ1) is 36.6. The van der Waals surface area contributed by atoms with E-state index in [0.29, 0.717) is 97.1 Å². The molecule has 0 saturated carbocycles. The van der Waals surface area contributed by atoms with Crippen LogP contribution in [0.1, 0.15) is 154 Å². The quantitative estimate of drug-likeness (QED) is 0.0392. The summed E-state index contributed by atoms with van der Waals surface area (Å²) in [6, 6.07) is 4.53. The van der Waals surface area contributed by atoms with Crippen LogP contribution in [0.25, 0.3) is 0 Å². The second-order valence-electron chi connectivity index (χ2n) is 18.7. The van der Waals surface area contributed by atoms with Crippen LogP contribution in [0, 0.1) is 0 Å². The van der Waals surface area contributed by atoms with Gasteiger partial charge in [-0.3, -0.25) is 34.1 Å². The minimum Gasteiger partial charge on any atom is -0.508 e. The number of primary amides is 1. The molecule has 0 unspecified atom stereocenters. The molecule has 436 valence electrons. The Morgan fingerprint density at radius 3 is 1.64 bits per heavy atom. The average molecular weight is 1080 g/mol. The van der Waals surface area contributed by atoms with Crippen LogP contribution < -0.4 is 37.6 Å². The molecular weight excluding hydrogens is 983 g/mol. The monoisotopic (exact) mass is 1080 g/mol. The zero-order valence-electron chi connectivity index (χ0n) is 46.2. The summed E-state index contributed by atoms with van der Waals surface area (Å²) in [7, 11) is 1.70. The van der Waals surface area contributed by atoms with E-state index in [9.17, 15) is 43.8 Å². The fourth-order valence-electron chi connectivity index (χ4n) is 7.69. The number of nitrogens with two attached hydrogens (primary N) is 1. The number of carboxylic acids is 2. The van der Waals surface area contributed by atoms with Gasteiger partial charge in [0.1, 0.15) is 18.4 Å². The number of amides is 4. The highest BCUT2D eigenvalue weighted by molar-refractivity contribution is 5.87. The number of aliphatic carboxylic acids is 2. The molecule has 0 aliphatic rings. The van der Waals surface area contributed by atoms with Gasteiger partial charge < -0.3 is 66.6 Å². The lowest BCUT2D eigenvalue weighted by atomic mass is 10.0. The van der Waals surface area contributed by atoms with Crippen molar-refractivity contribution in [2.75, 3.05) is 86.1 Å². The van der Waals surface area contributed by atoms with E-state index in [2.05, 4.69) is 38.5 Å². The minimum absolute atomic E-state index is 0.0117. The van der Waals surface area contributed by atoms with E-state index >= 15 is 0 Å². The van der Waals surface area contributed by atoms with Crippen molar-refractivity contribution in [2.45, 2.75) is 173 Å². The maximum atomic E-state index is 12.6. The fraction of sp³-hybridized carbons (Fsp3) is 0.727. The van der Waals surface area contributed by atoms with Crippen molar-refractivity contribution in [1.82, 2.24) is 31.9 Å². The lowest BCUT2D eigenvalue weighted by Crippen LogP contribution is -2.48. The largest absolute Gasteiger partial charge is 0.508 e. The normalized spacial score (nSPS) is 12.1. The van der Waals surface area contributed by atoms with Crippen molar-refractivity contribution >= 4 is 41.4 Å². The number of nitrogens with one attached hydrogen (secondary N) is 6. The summed E-state index contributed by atoms with van der Waals surface area (Å²) >= 11 is 0. The van der Waals surface area contributed by atoms with Crippen LogP contribution in [-0.2, 0) is 58.9 Å². The number of ether oxygens (including phenoxy) is 4. The molecule has 0 bridgehead atoms. The SMILES string of the molecule is C=C(CCCCCCCCCCCCCCCCC(=O)O)N[C@@H](CCC(=O)NCCOCCOCC)C(=O)O.CN[C@@H](CCCCNC(=O)COCCOCCNC(C)=O)C(=O)CN[C@@H](Cc1ccc(O)cc1)C(N)=O. The van der Waals surface area contributed by atoms with Crippen LogP contribution in [-0.4, -0.2) is 161 Å². The minimum atomic E-state index is -0.973. The Kier molecular flexibility index (Phi) is 46.0. The summed E-state index contributed by atoms with van der Waals surface area (Å²) in [5.74, 6) is -2.71. The Morgan fingerprint density at radius 2 is 1.12 bits per heavy atom. The molecular formula is C55H97N7O14. The smallest absolute Gasteiger partial charge is 0.326 e. The molecule has 21 heteroatoms. The van der Waals surface area contributed by atoms with E-state index in [-0.39, 0.29) is 67.9 Å². The number of unbranched alkanes of at least 4 members (excludes halogenated alkanes) is 14. The number of allylic oxidation sites excluding steroid dienone is 1. The third kappa shape index (κ3) is 45.0. The van der Waals surface area contributed by atoms with E-state index < -0.39 is 29.9 Å². The predicted molar refractivity (Wildman–Crippen MR) is 293 cm³/mol. The van der Waals surface area contributed by atoms with E-state index in [1.54, 1.807) is 19.2 Å². The van der Waals surface area contributed by atoms with Gasteiger partial charge in [-0.2, -0.15) is 0 Å². The number of hydrogen-bond acceptors (Lipinski definition) is 15. The summed E-state index contributed by atoms with van der Waals surface area (Å²) in [4.78, 5) is 81.0. The molecule has 1 aromatic carbocycles. The van der Waals surface area contributed by atoms with Crippen molar-refractivity contribution in [3.05, 3.63) is 42.1 Å². The molecule has 4 amide bonds. The summed E-state index contributed by atoms with van der Waals surface area (Å²) < 4.78 is 21.0. The Morgan fingerprint density at radius 1 is 0.592 bits per heavy atom. The van der Waals surface area contributed by atoms with Crippen molar-refractivity contribution in [3.8, 4) is 5.75 Å². The maximum Gasteiger partial charge on any atom is 0.326 e. The number of benzene rings is 1. The van der Waals surface area contributed by atoms with E-state index in [4.69, 9.17) is 29.8 Å². The second kappa shape index (κ2) is 49.4. The number of rotatable bonds is 51. The van der Waals surface area contributed by atoms with Gasteiger partial charge in [0, 0.05) is 51.7 Å². The van der Waals surface area contributed by atoms with Crippen LogP contribution in [0.3, 0.4) is 0 Å². The number of ketones is 1. The predicted octanol–water partition coefficient (Wildman–Crippen LogP) is 4.81. The van der Waals surface area contributed by atoms with Gasteiger partial charge in [-0.1, -0.05) is 95.8 Å². The molecule has 0 radical (unpaired) electrons. The molecule has 0 aliphatic carbocycles. The third-order valence-electron chi connectivity index (χ3n) is 12.0. The molecule has 0 aliphatic heterocycles. The number of carboxylic acid groups (broad SMARTS) is 2.